The van der Waals surface area contributed by atoms with E-state index < -0.39 is 0 Å². The van der Waals surface area contributed by atoms with Crippen molar-refractivity contribution in [2.45, 2.75) is 118 Å². The molecule has 1 amide bonds. The molecule has 5 unspecified atom stereocenters. The van der Waals surface area contributed by atoms with Crippen LogP contribution in [0.25, 0.3) is 28.4 Å². The first-order chi connectivity index (χ1) is 27.3. The third-order valence-corrected chi connectivity index (χ3v) is 10.6. The van der Waals surface area contributed by atoms with E-state index in [1.165, 1.54) is 45.5 Å². The molecule has 3 aliphatic heterocycles. The Morgan fingerprint density at radius 2 is 1.82 bits per heavy atom. The predicted molar refractivity (Wildman–Crippen MR) is 233 cm³/mol. The van der Waals surface area contributed by atoms with Crippen LogP contribution >= 0.6 is 9.24 Å². The Labute approximate surface area is 341 Å². The number of carbonyl (C=O) groups is 1. The van der Waals surface area contributed by atoms with Gasteiger partial charge in [-0.15, -0.1) is 0 Å². The van der Waals surface area contributed by atoms with Gasteiger partial charge in [0, 0.05) is 68.1 Å². The number of ether oxygens (including phenoxy) is 2. The Balaban J connectivity index is 0.000000435. The summed E-state index contributed by atoms with van der Waals surface area (Å²) < 4.78 is 16.7. The van der Waals surface area contributed by atoms with Crippen LogP contribution in [0, 0.1) is 12.8 Å². The van der Waals surface area contributed by atoms with E-state index in [0.29, 0.717) is 64.6 Å². The van der Waals surface area contributed by atoms with E-state index in [0.717, 1.165) is 23.3 Å². The van der Waals surface area contributed by atoms with Crippen LogP contribution < -0.4 is 20.1 Å². The summed E-state index contributed by atoms with van der Waals surface area (Å²) in [5.41, 5.74) is 9.22. The third kappa shape index (κ3) is 10.8. The van der Waals surface area contributed by atoms with Gasteiger partial charge in [0.2, 0.25) is 5.91 Å². The molecule has 3 saturated heterocycles. The summed E-state index contributed by atoms with van der Waals surface area (Å²) in [7, 11) is 6.09. The zero-order valence-corrected chi connectivity index (χ0v) is 37.3. The van der Waals surface area contributed by atoms with Crippen LogP contribution in [0.2, 0.25) is 0 Å². The van der Waals surface area contributed by atoms with Crippen LogP contribution in [0.3, 0.4) is 0 Å². The SMILES string of the molecule is CC.CC.CC1CN2CCCC2(C)C1.COc1nc(N(C)C2CCN(C(=O)/C=C/c3nc(C(C)C)no3)C2)c2cnc(-c3nc(N)ccc3OC(C)P)c(C)c2n1. The monoisotopic (exact) mass is 804 g/mol. The molecular formula is C42H65N10O4P. The molecule has 2 N–H and O–H groups in total. The highest BCUT2D eigenvalue weighted by Gasteiger charge is 2.43. The third-order valence-electron chi connectivity index (χ3n) is 10.5. The number of carbonyl (C=O) groups excluding carboxylic acids is 1. The van der Waals surface area contributed by atoms with Crippen molar-refractivity contribution in [3.63, 3.8) is 0 Å². The summed E-state index contributed by atoms with van der Waals surface area (Å²) in [4.78, 5) is 42.5. The maximum absolute atomic E-state index is 13.0. The lowest BCUT2D eigenvalue weighted by atomic mass is 9.93. The topological polar surface area (TPSA) is 162 Å². The Morgan fingerprint density at radius 3 is 2.47 bits per heavy atom. The Kier molecular flexibility index (Phi) is 16.1. The van der Waals surface area contributed by atoms with Crippen LogP contribution in [0.5, 0.6) is 11.8 Å². The van der Waals surface area contributed by atoms with Crippen LogP contribution in [-0.4, -0.2) is 104 Å². The molecule has 0 aromatic carbocycles. The van der Waals surface area contributed by atoms with Crippen molar-refractivity contribution in [1.82, 2.24) is 39.9 Å². The highest BCUT2D eigenvalue weighted by molar-refractivity contribution is 7.17. The van der Waals surface area contributed by atoms with E-state index in [1.807, 2.05) is 62.4 Å². The molecule has 0 aliphatic carbocycles. The lowest BCUT2D eigenvalue weighted by molar-refractivity contribution is -0.124. The van der Waals surface area contributed by atoms with Gasteiger partial charge in [-0.05, 0) is 71.0 Å². The van der Waals surface area contributed by atoms with Gasteiger partial charge in [0.1, 0.15) is 28.9 Å². The zero-order chi connectivity index (χ0) is 42.0. The van der Waals surface area contributed by atoms with Crippen LogP contribution in [0.1, 0.15) is 111 Å². The number of likely N-dealkylation sites (N-methyl/N-ethyl adjacent to an activating group) is 1. The molecule has 5 atom stereocenters. The quantitative estimate of drug-likeness (QED) is 0.129. The Bertz CT molecular complexity index is 1970. The number of nitrogens with zero attached hydrogens (tertiary/aromatic N) is 9. The molecule has 312 valence electrons. The average Bonchev–Trinajstić information content (AvgIpc) is 4.00. The maximum Gasteiger partial charge on any atom is 0.318 e. The molecule has 0 saturated carbocycles. The second-order valence-corrected chi connectivity index (χ2v) is 16.0. The van der Waals surface area contributed by atoms with Gasteiger partial charge in [-0.2, -0.15) is 15.0 Å². The van der Waals surface area contributed by atoms with Gasteiger partial charge in [0.05, 0.1) is 23.7 Å². The van der Waals surface area contributed by atoms with Gasteiger partial charge >= 0.3 is 6.01 Å². The molecule has 57 heavy (non-hydrogen) atoms. The maximum atomic E-state index is 13.0. The fraction of sp³-hybridized carbons (Fsp3) is 0.595. The number of hydrogen-bond acceptors (Lipinski definition) is 13. The first-order valence-electron chi connectivity index (χ1n) is 20.4. The number of fused-ring (bicyclic) bond motifs is 2. The van der Waals surface area contributed by atoms with E-state index in [1.54, 1.807) is 29.3 Å². The fourth-order valence-electron chi connectivity index (χ4n) is 7.75. The molecule has 7 heterocycles. The lowest BCUT2D eigenvalue weighted by Crippen LogP contribution is -2.36. The van der Waals surface area contributed by atoms with Gasteiger partial charge in [0.25, 0.3) is 5.89 Å². The van der Waals surface area contributed by atoms with Gasteiger partial charge in [-0.1, -0.05) is 62.9 Å². The van der Waals surface area contributed by atoms with Gasteiger partial charge < -0.3 is 29.5 Å². The molecule has 0 bridgehead atoms. The number of aromatic nitrogens is 6. The predicted octanol–water partition coefficient (Wildman–Crippen LogP) is 7.78. The van der Waals surface area contributed by atoms with Crippen molar-refractivity contribution >= 4 is 43.8 Å². The number of pyridine rings is 2. The largest absolute Gasteiger partial charge is 0.485 e. The molecule has 4 aromatic rings. The fourth-order valence-corrected chi connectivity index (χ4v) is 7.89. The van der Waals surface area contributed by atoms with Crippen molar-refractivity contribution in [2.24, 2.45) is 5.92 Å². The van der Waals surface area contributed by atoms with E-state index >= 15 is 0 Å². The number of nitrogen functional groups attached to an aromatic ring is 1. The molecule has 0 radical (unpaired) electrons. The minimum absolute atomic E-state index is 0.00946. The molecule has 7 rings (SSSR count). The van der Waals surface area contributed by atoms with Crippen molar-refractivity contribution in [3.05, 3.63) is 41.7 Å². The summed E-state index contributed by atoms with van der Waals surface area (Å²) >= 11 is 0. The summed E-state index contributed by atoms with van der Waals surface area (Å²) in [6, 6.07) is 3.71. The number of aryl methyl sites for hydroxylation is 1. The van der Waals surface area contributed by atoms with Crippen molar-refractivity contribution in [3.8, 4) is 23.1 Å². The molecule has 0 spiro atoms. The highest BCUT2D eigenvalue weighted by Crippen LogP contribution is 2.41. The molecular weight excluding hydrogens is 740 g/mol. The smallest absolute Gasteiger partial charge is 0.318 e. The van der Waals surface area contributed by atoms with Crippen LogP contribution in [0.15, 0.2) is 28.9 Å². The number of anilines is 2. The van der Waals surface area contributed by atoms with Crippen molar-refractivity contribution in [2.75, 3.05) is 51.0 Å². The number of amides is 1. The number of likely N-dealkylation sites (tertiary alicyclic amines) is 1. The standard InChI is InChI=1S/C29H36N9O4P.C9H17N.2C2H6/c1-15(2)27-33-22(42-36-27)9-10-23(39)38-12-11-18(14-38)37(5)28-19-13-31-25(16(3)24(19)34-29(35-28)40-6)26-20(41-17(4)43)7-8-21(30)32-26;1-8-6-9(2)4-3-5-10(9)7-8;2*1-2/h7-10,13,15,17-18H,11-12,14,43H2,1-6H3,(H2,30,32);8H,3-7H2,1-2H3;2*1-2H3/b10-9+;;;. The second-order valence-electron chi connectivity index (χ2n) is 15.1. The molecule has 14 nitrogen and oxygen atoms in total. The normalized spacial score (nSPS) is 20.6. The van der Waals surface area contributed by atoms with Crippen molar-refractivity contribution < 1.29 is 18.8 Å². The number of hydrogen-bond donors (Lipinski definition) is 1. The summed E-state index contributed by atoms with van der Waals surface area (Å²) in [5.74, 6) is 3.31. The molecule has 3 fully saturated rings. The van der Waals surface area contributed by atoms with E-state index in [2.05, 4.69) is 58.0 Å². The lowest BCUT2D eigenvalue weighted by Gasteiger charge is -2.27. The van der Waals surface area contributed by atoms with E-state index in [4.69, 9.17) is 24.7 Å². The highest BCUT2D eigenvalue weighted by atomic mass is 31.0. The first kappa shape index (κ1) is 45.3. The van der Waals surface area contributed by atoms with E-state index in [-0.39, 0.29) is 29.7 Å². The van der Waals surface area contributed by atoms with Gasteiger partial charge in [-0.25, -0.2) is 4.98 Å². The first-order valence-corrected chi connectivity index (χ1v) is 21.1. The average molecular weight is 805 g/mol. The van der Waals surface area contributed by atoms with E-state index in [9.17, 15) is 4.79 Å². The Hall–Kier alpha value is -4.42. The summed E-state index contributed by atoms with van der Waals surface area (Å²) in [6.45, 7) is 24.4. The number of rotatable bonds is 9. The Morgan fingerprint density at radius 1 is 1.09 bits per heavy atom. The molecule has 15 heteroatoms. The van der Waals surface area contributed by atoms with Crippen LogP contribution in [0.4, 0.5) is 11.6 Å². The number of nitrogens with two attached hydrogens (primary N) is 1. The van der Waals surface area contributed by atoms with Gasteiger partial charge in [0.15, 0.2) is 5.82 Å². The minimum Gasteiger partial charge on any atom is -0.485 e. The number of methoxy groups -OCH3 is 1. The zero-order valence-electron chi connectivity index (χ0n) is 36.2. The van der Waals surface area contributed by atoms with Crippen LogP contribution in [-0.2, 0) is 4.79 Å². The molecule has 3 aliphatic rings. The summed E-state index contributed by atoms with van der Waals surface area (Å²) in [6.07, 6.45) is 9.83. The second kappa shape index (κ2) is 20.3. The minimum atomic E-state index is -0.141. The summed E-state index contributed by atoms with van der Waals surface area (Å²) in [5, 5.41) is 4.68. The molecule has 4 aromatic heterocycles. The van der Waals surface area contributed by atoms with Crippen molar-refractivity contribution in [1.29, 1.82) is 0 Å². The van der Waals surface area contributed by atoms with Gasteiger partial charge in [-0.3, -0.25) is 14.7 Å².